The molecule has 0 saturated heterocycles. The number of aromatic nitrogens is 3. The van der Waals surface area contributed by atoms with E-state index in [1.54, 1.807) is 0 Å². The molecule has 0 radical (unpaired) electrons. The summed E-state index contributed by atoms with van der Waals surface area (Å²) in [5.41, 5.74) is 6.91. The fraction of sp³-hybridized carbons (Fsp3) is 0.308. The number of nitrogen functional groups attached to an aromatic ring is 1. The largest absolute Gasteiger partial charge is 0.368 e. The Labute approximate surface area is 107 Å². The van der Waals surface area contributed by atoms with E-state index >= 15 is 0 Å². The number of anilines is 2. The minimum Gasteiger partial charge on any atom is -0.368 e. The second-order valence-corrected chi connectivity index (χ2v) is 4.20. The number of likely N-dealkylation sites (N-methyl/N-ethyl adjacent to an activating group) is 1. The zero-order chi connectivity index (χ0) is 13.0. The predicted octanol–water partition coefficient (Wildman–Crippen LogP) is 1.44. The van der Waals surface area contributed by atoms with Crippen LogP contribution < -0.4 is 10.6 Å². The molecule has 94 valence electrons. The lowest BCUT2D eigenvalue weighted by Crippen LogP contribution is -2.23. The predicted molar refractivity (Wildman–Crippen MR) is 72.4 cm³/mol. The average Bonchev–Trinajstić information content (AvgIpc) is 2.36. The Bertz CT molecular complexity index is 492. The lowest BCUT2D eigenvalue weighted by atomic mass is 10.1. The summed E-state index contributed by atoms with van der Waals surface area (Å²) in [7, 11) is 1.96. The molecule has 0 aliphatic rings. The van der Waals surface area contributed by atoms with E-state index in [4.69, 9.17) is 5.73 Å². The van der Waals surface area contributed by atoms with Crippen molar-refractivity contribution < 1.29 is 0 Å². The number of hydrogen-bond acceptors (Lipinski definition) is 5. The molecule has 18 heavy (non-hydrogen) atoms. The molecular weight excluding hydrogens is 226 g/mol. The summed E-state index contributed by atoms with van der Waals surface area (Å²) in [6, 6.07) is 10.3. The number of benzene rings is 1. The van der Waals surface area contributed by atoms with Gasteiger partial charge in [-0.3, -0.25) is 0 Å². The molecule has 0 spiro atoms. The molecule has 2 rings (SSSR count). The Kier molecular flexibility index (Phi) is 3.72. The Hall–Kier alpha value is -2.17. The lowest BCUT2D eigenvalue weighted by molar-refractivity contribution is 0.821. The monoisotopic (exact) mass is 243 g/mol. The van der Waals surface area contributed by atoms with Crippen LogP contribution in [0.5, 0.6) is 0 Å². The molecular formula is C13H17N5. The third kappa shape index (κ3) is 3.16. The second-order valence-electron chi connectivity index (χ2n) is 4.20. The van der Waals surface area contributed by atoms with Gasteiger partial charge in [-0.1, -0.05) is 30.3 Å². The second kappa shape index (κ2) is 5.44. The van der Waals surface area contributed by atoms with Crippen molar-refractivity contribution >= 4 is 11.9 Å². The Morgan fingerprint density at radius 3 is 2.50 bits per heavy atom. The summed E-state index contributed by atoms with van der Waals surface area (Å²) in [5, 5.41) is 0. The van der Waals surface area contributed by atoms with Gasteiger partial charge in [-0.2, -0.15) is 15.0 Å². The fourth-order valence-electron chi connectivity index (χ4n) is 1.70. The SMILES string of the molecule is Cc1nc(N)nc(N(C)CCc2ccccc2)n1. The van der Waals surface area contributed by atoms with Crippen molar-refractivity contribution in [3.05, 3.63) is 41.7 Å². The number of rotatable bonds is 4. The number of nitrogens with zero attached hydrogens (tertiary/aromatic N) is 4. The van der Waals surface area contributed by atoms with Crippen LogP contribution in [0.1, 0.15) is 11.4 Å². The first-order valence-corrected chi connectivity index (χ1v) is 5.88. The van der Waals surface area contributed by atoms with E-state index in [1.165, 1.54) is 5.56 Å². The third-order valence-corrected chi connectivity index (χ3v) is 2.67. The topological polar surface area (TPSA) is 67.9 Å². The van der Waals surface area contributed by atoms with Gasteiger partial charge in [-0.15, -0.1) is 0 Å². The zero-order valence-electron chi connectivity index (χ0n) is 10.7. The molecule has 0 unspecified atom stereocenters. The first-order chi connectivity index (χ1) is 8.65. The molecule has 0 aliphatic heterocycles. The van der Waals surface area contributed by atoms with E-state index in [-0.39, 0.29) is 5.95 Å². The smallest absolute Gasteiger partial charge is 0.230 e. The van der Waals surface area contributed by atoms with Crippen LogP contribution in [0.15, 0.2) is 30.3 Å². The highest BCUT2D eigenvalue weighted by Crippen LogP contribution is 2.08. The molecule has 2 aromatic rings. The van der Waals surface area contributed by atoms with Crippen molar-refractivity contribution in [2.45, 2.75) is 13.3 Å². The molecule has 0 amide bonds. The molecule has 5 nitrogen and oxygen atoms in total. The van der Waals surface area contributed by atoms with E-state index in [0.29, 0.717) is 11.8 Å². The van der Waals surface area contributed by atoms with Gasteiger partial charge in [0.1, 0.15) is 5.82 Å². The quantitative estimate of drug-likeness (QED) is 0.880. The van der Waals surface area contributed by atoms with Crippen LogP contribution in [-0.4, -0.2) is 28.5 Å². The molecule has 1 heterocycles. The van der Waals surface area contributed by atoms with Gasteiger partial charge >= 0.3 is 0 Å². The maximum Gasteiger partial charge on any atom is 0.230 e. The standard InChI is InChI=1S/C13H17N5/c1-10-15-12(14)17-13(16-10)18(2)9-8-11-6-4-3-5-7-11/h3-7H,8-9H2,1-2H3,(H2,14,15,16,17). The van der Waals surface area contributed by atoms with Crippen LogP contribution in [0, 0.1) is 6.92 Å². The van der Waals surface area contributed by atoms with E-state index in [2.05, 4.69) is 27.1 Å². The molecule has 0 atom stereocenters. The van der Waals surface area contributed by atoms with Gasteiger partial charge in [0, 0.05) is 13.6 Å². The summed E-state index contributed by atoms with van der Waals surface area (Å²) in [5.74, 6) is 1.53. The van der Waals surface area contributed by atoms with Crippen LogP contribution >= 0.6 is 0 Å². The van der Waals surface area contributed by atoms with Crippen LogP contribution in [-0.2, 0) is 6.42 Å². The van der Waals surface area contributed by atoms with Gasteiger partial charge < -0.3 is 10.6 Å². The van der Waals surface area contributed by atoms with Crippen LogP contribution in [0.25, 0.3) is 0 Å². The van der Waals surface area contributed by atoms with Gasteiger partial charge in [0.15, 0.2) is 0 Å². The molecule has 0 saturated carbocycles. The lowest BCUT2D eigenvalue weighted by Gasteiger charge is -2.17. The Balaban J connectivity index is 2.01. The summed E-state index contributed by atoms with van der Waals surface area (Å²) in [4.78, 5) is 14.3. The van der Waals surface area contributed by atoms with E-state index in [0.717, 1.165) is 13.0 Å². The third-order valence-electron chi connectivity index (χ3n) is 2.67. The van der Waals surface area contributed by atoms with Crippen molar-refractivity contribution in [3.8, 4) is 0 Å². The van der Waals surface area contributed by atoms with E-state index < -0.39 is 0 Å². The van der Waals surface area contributed by atoms with Crippen LogP contribution in [0.3, 0.4) is 0 Å². The Morgan fingerprint density at radius 2 is 1.83 bits per heavy atom. The van der Waals surface area contributed by atoms with Crippen molar-refractivity contribution in [1.29, 1.82) is 0 Å². The number of aryl methyl sites for hydroxylation is 1. The molecule has 2 N–H and O–H groups in total. The summed E-state index contributed by atoms with van der Waals surface area (Å²) < 4.78 is 0. The molecule has 5 heteroatoms. The van der Waals surface area contributed by atoms with Gasteiger partial charge in [-0.25, -0.2) is 0 Å². The first-order valence-electron chi connectivity index (χ1n) is 5.88. The highest BCUT2D eigenvalue weighted by Gasteiger charge is 2.06. The maximum absolute atomic E-state index is 5.62. The van der Waals surface area contributed by atoms with Crippen molar-refractivity contribution in [1.82, 2.24) is 15.0 Å². The van der Waals surface area contributed by atoms with E-state index in [9.17, 15) is 0 Å². The minimum atomic E-state index is 0.268. The van der Waals surface area contributed by atoms with Crippen LogP contribution in [0.4, 0.5) is 11.9 Å². The molecule has 1 aromatic heterocycles. The molecule has 1 aromatic carbocycles. The van der Waals surface area contributed by atoms with Gasteiger partial charge in [0.05, 0.1) is 0 Å². The zero-order valence-corrected chi connectivity index (χ0v) is 10.7. The molecule has 0 aliphatic carbocycles. The molecule has 0 bridgehead atoms. The highest BCUT2D eigenvalue weighted by atomic mass is 15.3. The van der Waals surface area contributed by atoms with Crippen LogP contribution in [0.2, 0.25) is 0 Å². The van der Waals surface area contributed by atoms with Crippen molar-refractivity contribution in [2.24, 2.45) is 0 Å². The minimum absolute atomic E-state index is 0.268. The van der Waals surface area contributed by atoms with Crippen molar-refractivity contribution in [2.75, 3.05) is 24.2 Å². The van der Waals surface area contributed by atoms with Gasteiger partial charge in [0.2, 0.25) is 11.9 Å². The highest BCUT2D eigenvalue weighted by molar-refractivity contribution is 5.33. The summed E-state index contributed by atoms with van der Waals surface area (Å²) in [6.07, 6.45) is 0.946. The normalized spacial score (nSPS) is 10.3. The molecule has 0 fully saturated rings. The van der Waals surface area contributed by atoms with Gasteiger partial charge in [0.25, 0.3) is 0 Å². The summed E-state index contributed by atoms with van der Waals surface area (Å²) >= 11 is 0. The average molecular weight is 243 g/mol. The number of hydrogen-bond donors (Lipinski definition) is 1. The fourth-order valence-corrected chi connectivity index (χ4v) is 1.70. The summed E-state index contributed by atoms with van der Waals surface area (Å²) in [6.45, 7) is 2.65. The number of nitrogens with two attached hydrogens (primary N) is 1. The van der Waals surface area contributed by atoms with Gasteiger partial charge in [-0.05, 0) is 18.9 Å². The first kappa shape index (κ1) is 12.3. The maximum atomic E-state index is 5.62. The van der Waals surface area contributed by atoms with E-state index in [1.807, 2.05) is 37.1 Å². The van der Waals surface area contributed by atoms with Crippen molar-refractivity contribution in [3.63, 3.8) is 0 Å². The Morgan fingerprint density at radius 1 is 1.11 bits per heavy atom.